The van der Waals surface area contributed by atoms with E-state index in [1.165, 1.54) is 28.8 Å². The second-order valence-corrected chi connectivity index (χ2v) is 16.0. The minimum Gasteiger partial charge on any atom is -0.509 e. The van der Waals surface area contributed by atoms with Gasteiger partial charge in [-0.05, 0) is 85.2 Å². The summed E-state index contributed by atoms with van der Waals surface area (Å²) in [6.45, 7) is 22.4. The van der Waals surface area contributed by atoms with Crippen molar-refractivity contribution in [2.45, 2.75) is 98.8 Å². The Morgan fingerprint density at radius 2 is 1.56 bits per heavy atom. The van der Waals surface area contributed by atoms with E-state index >= 15 is 0 Å². The van der Waals surface area contributed by atoms with Crippen LogP contribution in [0.3, 0.4) is 0 Å². The number of nitrogens with zero attached hydrogens (tertiary/aromatic N) is 4. The number of aromatic nitrogens is 4. The topological polar surface area (TPSA) is 44.9 Å². The summed E-state index contributed by atoms with van der Waals surface area (Å²) in [7, 11) is 0. The Balaban J connectivity index is 0.00000432. The van der Waals surface area contributed by atoms with Gasteiger partial charge in [0.2, 0.25) is 0 Å². The molecule has 0 saturated heterocycles. The largest absolute Gasteiger partial charge is 2.00 e. The van der Waals surface area contributed by atoms with Gasteiger partial charge in [0.05, 0.1) is 5.69 Å². The molecule has 0 radical (unpaired) electrons. The molecular weight excluding hydrogens is 796 g/mol. The predicted octanol–water partition coefficient (Wildman–Crippen LogP) is 11.4. The van der Waals surface area contributed by atoms with Gasteiger partial charge in [-0.15, -0.1) is 41.3 Å². The molecule has 5 nitrogen and oxygen atoms in total. The third-order valence-electron chi connectivity index (χ3n) is 10.3. The zero-order chi connectivity index (χ0) is 34.8. The van der Waals surface area contributed by atoms with Gasteiger partial charge in [-0.2, -0.15) is 11.2 Å². The Morgan fingerprint density at radius 3 is 2.28 bits per heavy atom. The Bertz CT molecular complexity index is 2240. The predicted molar refractivity (Wildman–Crippen MR) is 202 cm³/mol. The fourth-order valence-electron chi connectivity index (χ4n) is 7.60. The number of pyridine rings is 1. The minimum atomic E-state index is -0.109. The number of allylic oxidation sites excluding steroid dienone is 2. The number of rotatable bonds is 5. The van der Waals surface area contributed by atoms with Gasteiger partial charge in [0, 0.05) is 40.4 Å². The summed E-state index contributed by atoms with van der Waals surface area (Å²) in [5.74, 6) is 3.10. The zero-order valence-electron chi connectivity index (χ0n) is 31.0. The first-order chi connectivity index (χ1) is 23.2. The first kappa shape index (κ1) is 35.9. The molecule has 1 unspecified atom stereocenters. The molecule has 0 spiro atoms. The van der Waals surface area contributed by atoms with Crippen molar-refractivity contribution in [1.29, 1.82) is 0 Å². The zero-order valence-corrected chi connectivity index (χ0v) is 33.3. The molecular formula is C44H48N4OPt. The maximum atomic E-state index is 6.68. The summed E-state index contributed by atoms with van der Waals surface area (Å²) in [4.78, 5) is 4.84. The molecule has 3 heterocycles. The molecule has 6 aromatic rings. The number of para-hydroxylation sites is 1. The Hall–Kier alpha value is -3.95. The summed E-state index contributed by atoms with van der Waals surface area (Å²) >= 11 is 0. The number of hydrogen-bond donors (Lipinski definition) is 0. The second-order valence-electron chi connectivity index (χ2n) is 16.0. The van der Waals surface area contributed by atoms with Crippen LogP contribution in [0.25, 0.3) is 33.3 Å². The molecule has 0 bridgehead atoms. The molecule has 50 heavy (non-hydrogen) atoms. The van der Waals surface area contributed by atoms with Crippen LogP contribution in [0.5, 0.6) is 11.5 Å². The number of hydrogen-bond acceptors (Lipinski definition) is 3. The van der Waals surface area contributed by atoms with E-state index < -0.39 is 0 Å². The molecule has 0 fully saturated rings. The van der Waals surface area contributed by atoms with Crippen LogP contribution in [0, 0.1) is 31.9 Å². The Labute approximate surface area is 312 Å². The van der Waals surface area contributed by atoms with Gasteiger partial charge in [0.25, 0.3) is 0 Å². The molecule has 0 aliphatic heterocycles. The van der Waals surface area contributed by atoms with Crippen molar-refractivity contribution in [3.05, 3.63) is 119 Å². The SMILES string of the molecule is CC1=CCC[C@H](C)C1c1c(C)nn(-c2[c-]c(Oc3[c-]c4c(cc3)c3ccccc3n4-c3cc(C(C)(C)C)ccn3)cc(C(C)(C)C)c2)c1C.[Pt+2]. The van der Waals surface area contributed by atoms with E-state index in [2.05, 4.69) is 151 Å². The van der Waals surface area contributed by atoms with Crippen LogP contribution in [0.15, 0.2) is 78.5 Å². The van der Waals surface area contributed by atoms with Gasteiger partial charge in [-0.25, -0.2) is 4.98 Å². The van der Waals surface area contributed by atoms with Gasteiger partial charge < -0.3 is 9.30 Å². The van der Waals surface area contributed by atoms with E-state index in [9.17, 15) is 0 Å². The average Bonchev–Trinajstić information content (AvgIpc) is 3.53. The monoisotopic (exact) mass is 843 g/mol. The van der Waals surface area contributed by atoms with E-state index in [1.807, 2.05) is 12.3 Å². The van der Waals surface area contributed by atoms with Crippen LogP contribution in [0.4, 0.5) is 0 Å². The van der Waals surface area contributed by atoms with Crippen LogP contribution in [0.2, 0.25) is 0 Å². The standard InChI is InChI=1S/C44H48N4O.Pt/c1-27-14-13-15-28(2)41(27)42-29(3)46-48(30(42)4)33-22-32(44(8,9)10)23-35(25-33)49-34-18-19-37-36-16-11-12-17-38(36)47(39(37)26-34)40-24-31(20-21-45-40)43(5,6)7;/h11-12,14,16-24,28,41H,13,15H2,1-10H3;/q-2;+2/t28-,41?;/m0./s1. The van der Waals surface area contributed by atoms with E-state index in [4.69, 9.17) is 14.8 Å². The number of aryl methyl sites for hydroxylation is 1. The summed E-state index contributed by atoms with van der Waals surface area (Å²) in [5.41, 5.74) is 10.2. The molecule has 0 N–H and O–H groups in total. The third-order valence-corrected chi connectivity index (χ3v) is 10.3. The quantitative estimate of drug-likeness (QED) is 0.128. The summed E-state index contributed by atoms with van der Waals surface area (Å²) in [5, 5.41) is 7.38. The Morgan fingerprint density at radius 1 is 0.820 bits per heavy atom. The molecule has 0 amide bonds. The maximum Gasteiger partial charge on any atom is 2.00 e. The van der Waals surface area contributed by atoms with Crippen molar-refractivity contribution in [2.75, 3.05) is 0 Å². The summed E-state index contributed by atoms with van der Waals surface area (Å²) < 4.78 is 11.0. The molecule has 2 atom stereocenters. The normalized spacial score (nSPS) is 16.8. The van der Waals surface area contributed by atoms with E-state index in [-0.39, 0.29) is 31.9 Å². The van der Waals surface area contributed by atoms with Gasteiger partial charge >= 0.3 is 21.1 Å². The number of benzene rings is 3. The first-order valence-electron chi connectivity index (χ1n) is 17.6. The molecule has 1 aliphatic carbocycles. The van der Waals surface area contributed by atoms with E-state index in [1.54, 1.807) is 0 Å². The van der Waals surface area contributed by atoms with E-state index in [0.717, 1.165) is 51.0 Å². The van der Waals surface area contributed by atoms with E-state index in [0.29, 0.717) is 23.3 Å². The smallest absolute Gasteiger partial charge is 0.509 e. The average molecular weight is 844 g/mol. The summed E-state index contributed by atoms with van der Waals surface area (Å²) in [6, 6.07) is 28.5. The fraction of sp³-hybridized carbons (Fsp3) is 0.364. The number of fused-ring (bicyclic) bond motifs is 3. The van der Waals surface area contributed by atoms with Crippen molar-refractivity contribution in [2.24, 2.45) is 5.92 Å². The van der Waals surface area contributed by atoms with Crippen molar-refractivity contribution in [3.8, 4) is 23.0 Å². The van der Waals surface area contributed by atoms with Gasteiger partial charge in [-0.1, -0.05) is 83.8 Å². The van der Waals surface area contributed by atoms with Crippen LogP contribution < -0.4 is 4.74 Å². The van der Waals surface area contributed by atoms with Crippen LogP contribution >= 0.6 is 0 Å². The van der Waals surface area contributed by atoms with Crippen LogP contribution in [0.1, 0.15) is 102 Å². The molecule has 1 aliphatic rings. The first-order valence-corrected chi connectivity index (χ1v) is 17.6. The van der Waals surface area contributed by atoms with Gasteiger partial charge in [0.15, 0.2) is 0 Å². The number of ether oxygens (including phenoxy) is 1. The second kappa shape index (κ2) is 13.3. The van der Waals surface area contributed by atoms with Gasteiger partial charge in [-0.3, -0.25) is 4.68 Å². The molecule has 3 aromatic heterocycles. The molecule has 7 rings (SSSR count). The van der Waals surface area contributed by atoms with Crippen molar-refractivity contribution in [1.82, 2.24) is 19.3 Å². The molecule has 3 aromatic carbocycles. The third kappa shape index (κ3) is 6.50. The fourth-order valence-corrected chi connectivity index (χ4v) is 7.60. The Kier molecular flexibility index (Phi) is 9.54. The van der Waals surface area contributed by atoms with Crippen molar-refractivity contribution >= 4 is 21.8 Å². The van der Waals surface area contributed by atoms with Crippen molar-refractivity contribution < 1.29 is 25.8 Å². The molecule has 6 heteroatoms. The maximum absolute atomic E-state index is 6.68. The van der Waals surface area contributed by atoms with Crippen LogP contribution in [-0.4, -0.2) is 19.3 Å². The summed E-state index contributed by atoms with van der Waals surface area (Å²) in [6.07, 6.45) is 6.67. The van der Waals surface area contributed by atoms with Gasteiger partial charge in [0.1, 0.15) is 5.82 Å². The minimum absolute atomic E-state index is 0. The van der Waals surface area contributed by atoms with Crippen LogP contribution in [-0.2, 0) is 31.9 Å². The molecule has 260 valence electrons. The van der Waals surface area contributed by atoms with Crippen molar-refractivity contribution in [3.63, 3.8) is 0 Å². The molecule has 0 saturated carbocycles.